The van der Waals surface area contributed by atoms with Crippen LogP contribution < -0.4 is 5.32 Å². The highest BCUT2D eigenvalue weighted by molar-refractivity contribution is 5.33. The zero-order chi connectivity index (χ0) is 17.7. The SMILES string of the molecule is CNC1CCC(c2cccc(O)c2)(N(C)CCC2CCCCC2)CC1. The van der Waals surface area contributed by atoms with Crippen LogP contribution in [0.2, 0.25) is 0 Å². The standard InChI is InChI=1S/C22H36N2O/c1-23-20-11-14-22(15-12-20,19-9-6-10-21(25)17-19)24(2)16-13-18-7-4-3-5-8-18/h6,9-10,17-18,20,23,25H,3-5,7-8,11-16H2,1-2H3. The fourth-order valence-corrected chi connectivity index (χ4v) is 5.14. The molecule has 3 nitrogen and oxygen atoms in total. The Hall–Kier alpha value is -1.06. The Morgan fingerprint density at radius 3 is 2.48 bits per heavy atom. The molecule has 0 aliphatic heterocycles. The van der Waals surface area contributed by atoms with Gasteiger partial charge >= 0.3 is 0 Å². The van der Waals surface area contributed by atoms with Crippen LogP contribution in [0.3, 0.4) is 0 Å². The average molecular weight is 345 g/mol. The van der Waals surface area contributed by atoms with E-state index in [4.69, 9.17) is 0 Å². The molecule has 0 spiro atoms. The molecule has 0 saturated heterocycles. The quantitative estimate of drug-likeness (QED) is 0.788. The van der Waals surface area contributed by atoms with Crippen molar-refractivity contribution < 1.29 is 5.11 Å². The molecule has 25 heavy (non-hydrogen) atoms. The summed E-state index contributed by atoms with van der Waals surface area (Å²) in [7, 11) is 4.39. The normalized spacial score (nSPS) is 28.4. The fourth-order valence-electron chi connectivity index (χ4n) is 5.14. The average Bonchev–Trinajstić information content (AvgIpc) is 2.67. The Bertz CT molecular complexity index is 531. The summed E-state index contributed by atoms with van der Waals surface area (Å²) in [6.45, 7) is 1.17. The van der Waals surface area contributed by atoms with Crippen molar-refractivity contribution in [1.29, 1.82) is 0 Å². The van der Waals surface area contributed by atoms with Crippen molar-refractivity contribution in [2.45, 2.75) is 75.8 Å². The van der Waals surface area contributed by atoms with E-state index in [-0.39, 0.29) is 5.54 Å². The number of phenols is 1. The number of rotatable bonds is 6. The Kier molecular flexibility index (Phi) is 6.40. The maximum atomic E-state index is 10.0. The Morgan fingerprint density at radius 1 is 1.12 bits per heavy atom. The Morgan fingerprint density at radius 2 is 1.84 bits per heavy atom. The zero-order valence-corrected chi connectivity index (χ0v) is 16.1. The topological polar surface area (TPSA) is 35.5 Å². The van der Waals surface area contributed by atoms with Crippen LogP contribution in [0.4, 0.5) is 0 Å². The highest BCUT2D eigenvalue weighted by atomic mass is 16.3. The lowest BCUT2D eigenvalue weighted by Crippen LogP contribution is -2.49. The maximum absolute atomic E-state index is 10.0. The van der Waals surface area contributed by atoms with Gasteiger partial charge in [-0.3, -0.25) is 4.90 Å². The molecule has 140 valence electrons. The third-order valence-electron chi connectivity index (χ3n) is 6.93. The fraction of sp³-hybridized carbons (Fsp3) is 0.727. The van der Waals surface area contributed by atoms with Gasteiger partial charge < -0.3 is 10.4 Å². The molecular weight excluding hydrogens is 308 g/mol. The van der Waals surface area contributed by atoms with Crippen LogP contribution in [0, 0.1) is 5.92 Å². The number of phenolic OH excluding ortho intramolecular Hbond substituents is 1. The molecule has 3 heteroatoms. The minimum absolute atomic E-state index is 0.0841. The Balaban J connectivity index is 1.73. The van der Waals surface area contributed by atoms with Gasteiger partial charge in [0, 0.05) is 11.6 Å². The molecule has 0 heterocycles. The van der Waals surface area contributed by atoms with Crippen LogP contribution in [0.25, 0.3) is 0 Å². The summed E-state index contributed by atoms with van der Waals surface area (Å²) < 4.78 is 0. The van der Waals surface area contributed by atoms with Gasteiger partial charge in [0.05, 0.1) is 0 Å². The number of hydrogen-bond acceptors (Lipinski definition) is 3. The number of hydrogen-bond donors (Lipinski definition) is 2. The van der Waals surface area contributed by atoms with E-state index in [0.717, 1.165) is 5.92 Å². The highest BCUT2D eigenvalue weighted by Crippen LogP contribution is 2.43. The van der Waals surface area contributed by atoms with Gasteiger partial charge in [0.2, 0.25) is 0 Å². The molecule has 0 amide bonds. The molecule has 1 aromatic rings. The molecule has 1 aromatic carbocycles. The van der Waals surface area contributed by atoms with E-state index in [0.29, 0.717) is 11.8 Å². The lowest BCUT2D eigenvalue weighted by molar-refractivity contribution is 0.0560. The van der Waals surface area contributed by atoms with Crippen molar-refractivity contribution in [3.8, 4) is 5.75 Å². The largest absolute Gasteiger partial charge is 0.508 e. The molecule has 0 unspecified atom stereocenters. The van der Waals surface area contributed by atoms with Crippen LogP contribution in [0.15, 0.2) is 24.3 Å². The zero-order valence-electron chi connectivity index (χ0n) is 16.1. The van der Waals surface area contributed by atoms with Crippen LogP contribution in [-0.4, -0.2) is 36.7 Å². The van der Waals surface area contributed by atoms with Gasteiger partial charge in [-0.25, -0.2) is 0 Å². The first-order valence-electron chi connectivity index (χ1n) is 10.3. The third-order valence-corrected chi connectivity index (χ3v) is 6.93. The summed E-state index contributed by atoms with van der Waals surface area (Å²) in [5, 5.41) is 13.5. The minimum Gasteiger partial charge on any atom is -0.508 e. The summed E-state index contributed by atoms with van der Waals surface area (Å²) in [6, 6.07) is 8.65. The third kappa shape index (κ3) is 4.38. The monoisotopic (exact) mass is 344 g/mol. The van der Waals surface area contributed by atoms with Crippen molar-refractivity contribution in [1.82, 2.24) is 10.2 Å². The lowest BCUT2D eigenvalue weighted by atomic mass is 9.73. The molecule has 0 radical (unpaired) electrons. The second kappa shape index (κ2) is 8.55. The molecule has 2 aliphatic rings. The second-order valence-electron chi connectivity index (χ2n) is 8.36. The van der Waals surface area contributed by atoms with Gasteiger partial charge in [-0.15, -0.1) is 0 Å². The number of nitrogens with one attached hydrogen (secondary N) is 1. The summed E-state index contributed by atoms with van der Waals surface area (Å²) in [4.78, 5) is 2.61. The predicted octanol–water partition coefficient (Wildman–Crippen LogP) is 4.65. The van der Waals surface area contributed by atoms with Gasteiger partial charge in [-0.05, 0) is 76.4 Å². The van der Waals surface area contributed by atoms with Gasteiger partial charge in [-0.2, -0.15) is 0 Å². The first-order chi connectivity index (χ1) is 12.1. The van der Waals surface area contributed by atoms with Crippen molar-refractivity contribution in [3.63, 3.8) is 0 Å². The van der Waals surface area contributed by atoms with Gasteiger partial charge in [-0.1, -0.05) is 44.2 Å². The maximum Gasteiger partial charge on any atom is 0.115 e. The van der Waals surface area contributed by atoms with Crippen molar-refractivity contribution in [3.05, 3.63) is 29.8 Å². The molecule has 2 saturated carbocycles. The van der Waals surface area contributed by atoms with Crippen molar-refractivity contribution in [2.24, 2.45) is 5.92 Å². The van der Waals surface area contributed by atoms with E-state index in [1.54, 1.807) is 6.07 Å². The van der Waals surface area contributed by atoms with Crippen molar-refractivity contribution >= 4 is 0 Å². The van der Waals surface area contributed by atoms with Gasteiger partial charge in [0.1, 0.15) is 5.75 Å². The predicted molar refractivity (Wildman–Crippen MR) is 105 cm³/mol. The number of aromatic hydroxyl groups is 1. The number of nitrogens with zero attached hydrogens (tertiary/aromatic N) is 1. The number of benzene rings is 1. The second-order valence-corrected chi connectivity index (χ2v) is 8.36. The van der Waals surface area contributed by atoms with E-state index in [2.05, 4.69) is 30.4 Å². The van der Waals surface area contributed by atoms with Crippen LogP contribution in [0.1, 0.15) is 69.8 Å². The molecule has 2 fully saturated rings. The summed E-state index contributed by atoms with van der Waals surface area (Å²) >= 11 is 0. The van der Waals surface area contributed by atoms with E-state index in [1.807, 2.05) is 12.1 Å². The summed E-state index contributed by atoms with van der Waals surface area (Å²) in [5.74, 6) is 1.32. The lowest BCUT2D eigenvalue weighted by Gasteiger charge is -2.47. The van der Waals surface area contributed by atoms with Crippen LogP contribution in [-0.2, 0) is 5.54 Å². The van der Waals surface area contributed by atoms with Gasteiger partial charge in [0.25, 0.3) is 0 Å². The first-order valence-corrected chi connectivity index (χ1v) is 10.3. The minimum atomic E-state index is 0.0841. The first kappa shape index (κ1) is 18.7. The summed E-state index contributed by atoms with van der Waals surface area (Å²) in [6.07, 6.45) is 13.2. The van der Waals surface area contributed by atoms with E-state index < -0.39 is 0 Å². The van der Waals surface area contributed by atoms with Crippen LogP contribution in [0.5, 0.6) is 5.75 Å². The molecule has 3 rings (SSSR count). The van der Waals surface area contributed by atoms with Gasteiger partial charge in [0.15, 0.2) is 0 Å². The molecule has 0 bridgehead atoms. The molecule has 0 atom stereocenters. The molecule has 0 aromatic heterocycles. The highest BCUT2D eigenvalue weighted by Gasteiger charge is 2.40. The smallest absolute Gasteiger partial charge is 0.115 e. The van der Waals surface area contributed by atoms with Crippen LogP contribution >= 0.6 is 0 Å². The molecular formula is C22H36N2O. The van der Waals surface area contributed by atoms with E-state index in [1.165, 1.54) is 76.3 Å². The van der Waals surface area contributed by atoms with Crippen molar-refractivity contribution in [2.75, 3.05) is 20.6 Å². The Labute approximate surface area is 153 Å². The van der Waals surface area contributed by atoms with E-state index >= 15 is 0 Å². The molecule has 2 N–H and O–H groups in total. The summed E-state index contributed by atoms with van der Waals surface area (Å²) in [5.41, 5.74) is 1.38. The molecule has 2 aliphatic carbocycles. The van der Waals surface area contributed by atoms with E-state index in [9.17, 15) is 5.11 Å².